The summed E-state index contributed by atoms with van der Waals surface area (Å²) in [7, 11) is 0. The van der Waals surface area contributed by atoms with Gasteiger partial charge in [-0.2, -0.15) is 0 Å². The lowest BCUT2D eigenvalue weighted by atomic mass is 10.0. The molecule has 0 unspecified atom stereocenters. The molecule has 6 heteroatoms. The van der Waals surface area contributed by atoms with E-state index in [9.17, 15) is 14.4 Å². The van der Waals surface area contributed by atoms with Crippen molar-refractivity contribution in [2.75, 3.05) is 13.2 Å². The van der Waals surface area contributed by atoms with Crippen molar-refractivity contribution in [2.24, 2.45) is 0 Å². The Balaban J connectivity index is 4.28. The molecule has 0 amide bonds. The standard InChI is InChI=1S/C60H116O6/c1-4-7-10-13-16-19-22-25-28-30-31-33-36-39-42-45-48-51-54-60(63)66-57(55-64-58(61)52-49-46-43-40-37-34-27-24-21-18-15-12-9-6-3)56-65-59(62)53-50-47-44-41-38-35-32-29-26-23-20-17-14-11-8-5-2/h57H,4-56H2,1-3H3/t57-/m1/s1. The zero-order valence-corrected chi connectivity index (χ0v) is 45.0. The van der Waals surface area contributed by atoms with Crippen LogP contribution in [0.3, 0.4) is 0 Å². The van der Waals surface area contributed by atoms with E-state index in [-0.39, 0.29) is 31.1 Å². The molecule has 66 heavy (non-hydrogen) atoms. The van der Waals surface area contributed by atoms with Gasteiger partial charge in [0.15, 0.2) is 6.10 Å². The first-order valence-electron chi connectivity index (χ1n) is 30.0. The summed E-state index contributed by atoms with van der Waals surface area (Å²) in [5.74, 6) is -0.829. The van der Waals surface area contributed by atoms with Crippen LogP contribution in [-0.4, -0.2) is 37.2 Å². The van der Waals surface area contributed by atoms with Crippen LogP contribution >= 0.6 is 0 Å². The third kappa shape index (κ3) is 53.4. The first-order chi connectivity index (χ1) is 32.5. The van der Waals surface area contributed by atoms with E-state index in [1.54, 1.807) is 0 Å². The zero-order valence-electron chi connectivity index (χ0n) is 45.0. The van der Waals surface area contributed by atoms with Crippen LogP contribution in [0.1, 0.15) is 348 Å². The molecule has 0 rings (SSSR count). The molecule has 6 nitrogen and oxygen atoms in total. The molecule has 0 aliphatic rings. The van der Waals surface area contributed by atoms with Crippen LogP contribution in [0.5, 0.6) is 0 Å². The smallest absolute Gasteiger partial charge is 0.306 e. The Hall–Kier alpha value is -1.59. The van der Waals surface area contributed by atoms with Crippen LogP contribution in [0.4, 0.5) is 0 Å². The summed E-state index contributed by atoms with van der Waals surface area (Å²) in [5, 5.41) is 0. The van der Waals surface area contributed by atoms with Gasteiger partial charge in [0.25, 0.3) is 0 Å². The maximum absolute atomic E-state index is 12.9. The molecular formula is C60H116O6. The maximum atomic E-state index is 12.9. The number of hydrogen-bond acceptors (Lipinski definition) is 6. The van der Waals surface area contributed by atoms with Crippen molar-refractivity contribution in [3.05, 3.63) is 0 Å². The second-order valence-corrected chi connectivity index (χ2v) is 20.6. The Kier molecular flexibility index (Phi) is 54.7. The third-order valence-corrected chi connectivity index (χ3v) is 13.9. The Bertz CT molecular complexity index is 982. The Labute approximate surface area is 412 Å². The van der Waals surface area contributed by atoms with Gasteiger partial charge in [-0.15, -0.1) is 0 Å². The Morgan fingerprint density at radius 3 is 0.606 bits per heavy atom. The van der Waals surface area contributed by atoms with E-state index in [4.69, 9.17) is 14.2 Å². The van der Waals surface area contributed by atoms with Crippen molar-refractivity contribution >= 4 is 17.9 Å². The molecule has 0 spiro atoms. The van der Waals surface area contributed by atoms with Crippen LogP contribution in [0.2, 0.25) is 0 Å². The molecular weight excluding hydrogens is 817 g/mol. The van der Waals surface area contributed by atoms with Gasteiger partial charge >= 0.3 is 17.9 Å². The van der Waals surface area contributed by atoms with Crippen LogP contribution in [-0.2, 0) is 28.6 Å². The molecule has 0 heterocycles. The molecule has 0 N–H and O–H groups in total. The quantitative estimate of drug-likeness (QED) is 0.0343. The van der Waals surface area contributed by atoms with Gasteiger partial charge in [-0.1, -0.05) is 310 Å². The minimum atomic E-state index is -0.761. The van der Waals surface area contributed by atoms with E-state index in [0.29, 0.717) is 19.3 Å². The summed E-state index contributed by atoms with van der Waals surface area (Å²) in [4.78, 5) is 38.2. The molecule has 0 aliphatic carbocycles. The number of hydrogen-bond donors (Lipinski definition) is 0. The fraction of sp³-hybridized carbons (Fsp3) is 0.950. The number of rotatable bonds is 56. The fourth-order valence-corrected chi connectivity index (χ4v) is 9.33. The summed E-state index contributed by atoms with van der Waals surface area (Å²) in [6, 6.07) is 0. The lowest BCUT2D eigenvalue weighted by molar-refractivity contribution is -0.167. The third-order valence-electron chi connectivity index (χ3n) is 13.9. The minimum Gasteiger partial charge on any atom is -0.462 e. The summed E-state index contributed by atoms with van der Waals surface area (Å²) in [5.41, 5.74) is 0. The summed E-state index contributed by atoms with van der Waals surface area (Å²) in [6.07, 6.45) is 62.4. The second-order valence-electron chi connectivity index (χ2n) is 20.6. The van der Waals surface area contributed by atoms with Crippen LogP contribution < -0.4 is 0 Å². The highest BCUT2D eigenvalue weighted by molar-refractivity contribution is 5.71. The SMILES string of the molecule is CCCCCCCCCCCCCCCCCCCCC(=O)O[C@H](COC(=O)CCCCCCCCCCCCCCCC)COC(=O)CCCCCCCCCCCCCCCCCC. The van der Waals surface area contributed by atoms with Crippen molar-refractivity contribution in [3.63, 3.8) is 0 Å². The Morgan fingerprint density at radius 1 is 0.242 bits per heavy atom. The van der Waals surface area contributed by atoms with Crippen molar-refractivity contribution in [1.29, 1.82) is 0 Å². The molecule has 0 saturated heterocycles. The highest BCUT2D eigenvalue weighted by atomic mass is 16.6. The molecule has 0 aromatic heterocycles. The van der Waals surface area contributed by atoms with Crippen molar-refractivity contribution in [3.8, 4) is 0 Å². The molecule has 0 fully saturated rings. The summed E-state index contributed by atoms with van der Waals surface area (Å²) in [6.45, 7) is 6.72. The van der Waals surface area contributed by atoms with Gasteiger partial charge in [-0.05, 0) is 19.3 Å². The highest BCUT2D eigenvalue weighted by Crippen LogP contribution is 2.18. The van der Waals surface area contributed by atoms with Crippen LogP contribution in [0.25, 0.3) is 0 Å². The van der Waals surface area contributed by atoms with Crippen molar-refractivity contribution < 1.29 is 28.6 Å². The van der Waals surface area contributed by atoms with Gasteiger partial charge in [0.05, 0.1) is 0 Å². The summed E-state index contributed by atoms with van der Waals surface area (Å²) < 4.78 is 16.9. The topological polar surface area (TPSA) is 78.9 Å². The molecule has 0 bridgehead atoms. The number of carbonyl (C=O) groups is 3. The van der Waals surface area contributed by atoms with Crippen LogP contribution in [0.15, 0.2) is 0 Å². The van der Waals surface area contributed by atoms with E-state index >= 15 is 0 Å². The predicted molar refractivity (Wildman–Crippen MR) is 284 cm³/mol. The van der Waals surface area contributed by atoms with Gasteiger partial charge in [-0.25, -0.2) is 0 Å². The van der Waals surface area contributed by atoms with Gasteiger partial charge in [0.2, 0.25) is 0 Å². The molecule has 0 radical (unpaired) electrons. The average molecular weight is 934 g/mol. The van der Waals surface area contributed by atoms with Gasteiger partial charge in [-0.3, -0.25) is 14.4 Å². The number of esters is 3. The van der Waals surface area contributed by atoms with E-state index in [1.807, 2.05) is 0 Å². The fourth-order valence-electron chi connectivity index (χ4n) is 9.33. The first-order valence-corrected chi connectivity index (χ1v) is 30.0. The molecule has 0 aromatic rings. The molecule has 392 valence electrons. The summed E-state index contributed by atoms with van der Waals surface area (Å²) >= 11 is 0. The van der Waals surface area contributed by atoms with E-state index in [0.717, 1.165) is 57.8 Å². The lowest BCUT2D eigenvalue weighted by Gasteiger charge is -2.18. The van der Waals surface area contributed by atoms with E-state index in [1.165, 1.54) is 250 Å². The monoisotopic (exact) mass is 933 g/mol. The van der Waals surface area contributed by atoms with Gasteiger partial charge < -0.3 is 14.2 Å². The molecule has 0 saturated carbocycles. The van der Waals surface area contributed by atoms with Gasteiger partial charge in [0, 0.05) is 19.3 Å². The zero-order chi connectivity index (χ0) is 47.9. The average Bonchev–Trinajstić information content (AvgIpc) is 3.31. The number of ether oxygens (including phenoxy) is 3. The highest BCUT2D eigenvalue weighted by Gasteiger charge is 2.19. The molecule has 0 aliphatic heterocycles. The van der Waals surface area contributed by atoms with Crippen molar-refractivity contribution in [2.45, 2.75) is 354 Å². The van der Waals surface area contributed by atoms with Crippen LogP contribution in [0, 0.1) is 0 Å². The molecule has 0 aromatic carbocycles. The maximum Gasteiger partial charge on any atom is 0.306 e. The lowest BCUT2D eigenvalue weighted by Crippen LogP contribution is -2.30. The number of unbranched alkanes of at least 4 members (excludes halogenated alkanes) is 45. The first kappa shape index (κ1) is 64.4. The largest absolute Gasteiger partial charge is 0.462 e. The second kappa shape index (κ2) is 56.0. The Morgan fingerprint density at radius 2 is 0.409 bits per heavy atom. The van der Waals surface area contributed by atoms with Crippen molar-refractivity contribution in [1.82, 2.24) is 0 Å². The van der Waals surface area contributed by atoms with E-state index < -0.39 is 6.10 Å². The van der Waals surface area contributed by atoms with Gasteiger partial charge in [0.1, 0.15) is 13.2 Å². The minimum absolute atomic E-state index is 0.0608. The van der Waals surface area contributed by atoms with E-state index in [2.05, 4.69) is 20.8 Å². The normalized spacial score (nSPS) is 11.9. The molecule has 1 atom stereocenters. The number of carbonyl (C=O) groups excluding carboxylic acids is 3. The predicted octanol–water partition coefficient (Wildman–Crippen LogP) is 19.9.